The molecule has 2 amide bonds. The molecule has 7 rings (SSSR count). The summed E-state index contributed by atoms with van der Waals surface area (Å²) < 4.78 is 1.78. The van der Waals surface area contributed by atoms with Crippen molar-refractivity contribution in [2.45, 2.75) is 82.8 Å². The van der Waals surface area contributed by atoms with Gasteiger partial charge in [0.15, 0.2) is 0 Å². The Morgan fingerprint density at radius 2 is 1.76 bits per heavy atom. The number of carbonyl (C=O) groups is 2. The second kappa shape index (κ2) is 8.12. The van der Waals surface area contributed by atoms with E-state index in [2.05, 4.69) is 15.6 Å². The molecule has 7 nitrogen and oxygen atoms in total. The Labute approximate surface area is 194 Å². The summed E-state index contributed by atoms with van der Waals surface area (Å²) in [7, 11) is 0. The highest BCUT2D eigenvalue weighted by Gasteiger charge is 2.51. The molecule has 33 heavy (non-hydrogen) atoms. The van der Waals surface area contributed by atoms with Gasteiger partial charge in [0, 0.05) is 12.6 Å². The van der Waals surface area contributed by atoms with E-state index in [1.807, 2.05) is 18.2 Å². The summed E-state index contributed by atoms with van der Waals surface area (Å²) in [6, 6.07) is 5.32. The van der Waals surface area contributed by atoms with E-state index in [-0.39, 0.29) is 23.3 Å². The van der Waals surface area contributed by atoms with E-state index in [1.165, 1.54) is 38.5 Å². The van der Waals surface area contributed by atoms with Crippen molar-refractivity contribution in [3.05, 3.63) is 30.1 Å². The number of aliphatic hydroxyl groups is 1. The molecule has 0 saturated heterocycles. The minimum Gasteiger partial charge on any atom is -0.391 e. The van der Waals surface area contributed by atoms with Crippen LogP contribution >= 0.6 is 0 Å². The lowest BCUT2D eigenvalue weighted by Gasteiger charge is -2.56. The van der Waals surface area contributed by atoms with E-state index in [0.29, 0.717) is 23.6 Å². The van der Waals surface area contributed by atoms with Crippen LogP contribution < -0.4 is 10.6 Å². The smallest absolute Gasteiger partial charge is 0.271 e. The van der Waals surface area contributed by atoms with Crippen LogP contribution in [-0.4, -0.2) is 38.5 Å². The number of anilines is 1. The van der Waals surface area contributed by atoms with Crippen molar-refractivity contribution in [1.29, 1.82) is 0 Å². The highest BCUT2D eigenvalue weighted by Crippen LogP contribution is 2.61. The molecule has 5 saturated carbocycles. The maximum atomic E-state index is 13.1. The zero-order valence-corrected chi connectivity index (χ0v) is 19.1. The van der Waals surface area contributed by atoms with E-state index in [0.717, 1.165) is 43.4 Å². The monoisotopic (exact) mass is 450 g/mol. The highest BCUT2D eigenvalue weighted by atomic mass is 16.3. The molecule has 0 unspecified atom stereocenters. The Bertz CT molecular complexity index is 1040. The van der Waals surface area contributed by atoms with E-state index in [9.17, 15) is 14.7 Å². The fourth-order valence-corrected chi connectivity index (χ4v) is 7.78. The van der Waals surface area contributed by atoms with Gasteiger partial charge in [-0.2, -0.15) is 0 Å². The van der Waals surface area contributed by atoms with Gasteiger partial charge in [-0.25, -0.2) is 4.98 Å². The lowest BCUT2D eigenvalue weighted by molar-refractivity contribution is -0.124. The number of nitrogens with zero attached hydrogens (tertiary/aromatic N) is 2. The van der Waals surface area contributed by atoms with Crippen molar-refractivity contribution in [3.63, 3.8) is 0 Å². The molecule has 5 fully saturated rings. The number of hydrogen-bond acceptors (Lipinski definition) is 4. The van der Waals surface area contributed by atoms with E-state index >= 15 is 0 Å². The first kappa shape index (κ1) is 21.1. The summed E-state index contributed by atoms with van der Waals surface area (Å²) in [5.41, 5.74) is 1.11. The van der Waals surface area contributed by atoms with Gasteiger partial charge in [-0.15, -0.1) is 0 Å². The Morgan fingerprint density at radius 3 is 2.45 bits per heavy atom. The quantitative estimate of drug-likeness (QED) is 0.644. The van der Waals surface area contributed by atoms with Gasteiger partial charge in [-0.05, 0) is 86.7 Å². The number of imidazole rings is 1. The van der Waals surface area contributed by atoms with Crippen LogP contribution in [0, 0.1) is 23.2 Å². The topological polar surface area (TPSA) is 95.7 Å². The van der Waals surface area contributed by atoms with Crippen LogP contribution in [-0.2, 0) is 4.79 Å². The van der Waals surface area contributed by atoms with Crippen LogP contribution in [0.15, 0.2) is 24.4 Å². The minimum absolute atomic E-state index is 0.0643. The average molecular weight is 451 g/mol. The van der Waals surface area contributed by atoms with Crippen LogP contribution in [0.25, 0.3) is 5.65 Å². The summed E-state index contributed by atoms with van der Waals surface area (Å²) >= 11 is 0. The number of pyridine rings is 1. The van der Waals surface area contributed by atoms with Gasteiger partial charge in [0.25, 0.3) is 5.91 Å². The van der Waals surface area contributed by atoms with Gasteiger partial charge >= 0.3 is 0 Å². The minimum atomic E-state index is -0.501. The molecule has 4 bridgehead atoms. The average Bonchev–Trinajstić information content (AvgIpc) is 3.19. The standard InChI is InChI=1S/C26H34N4O3/c31-21-5-2-1-4-19(21)28-25(33)20-15-30-22(27-20)6-3-7-23(30)29-24(32)14-26-11-16-8-17(12-26)10-18(9-16)13-26/h3,6-7,15-19,21,31H,1-2,4-5,8-14H2,(H,28,33)(H,29,32)/t16?,17?,18?,19-,21-,26?/m1/s1. The molecule has 0 radical (unpaired) electrons. The number of amides is 2. The lowest BCUT2D eigenvalue weighted by atomic mass is 9.49. The largest absolute Gasteiger partial charge is 0.391 e. The van der Waals surface area contributed by atoms with Gasteiger partial charge in [0.2, 0.25) is 5.91 Å². The summed E-state index contributed by atoms with van der Waals surface area (Å²) in [6.07, 6.45) is 13.0. The Morgan fingerprint density at radius 1 is 1.06 bits per heavy atom. The van der Waals surface area contributed by atoms with Crippen LogP contribution in [0.4, 0.5) is 5.82 Å². The van der Waals surface area contributed by atoms with Gasteiger partial charge in [0.1, 0.15) is 17.2 Å². The fourth-order valence-electron chi connectivity index (χ4n) is 7.78. The Hall–Kier alpha value is -2.41. The summed E-state index contributed by atoms with van der Waals surface area (Å²) in [5, 5.41) is 16.2. The number of aliphatic hydroxyl groups excluding tert-OH is 1. The van der Waals surface area contributed by atoms with Crippen molar-refractivity contribution in [3.8, 4) is 0 Å². The highest BCUT2D eigenvalue weighted by molar-refractivity contribution is 5.94. The third-order valence-corrected chi connectivity index (χ3v) is 8.74. The molecular weight excluding hydrogens is 416 g/mol. The number of aromatic nitrogens is 2. The maximum absolute atomic E-state index is 13.1. The first-order chi connectivity index (χ1) is 16.0. The van der Waals surface area contributed by atoms with Gasteiger partial charge in [0.05, 0.1) is 12.1 Å². The number of hydrogen-bond donors (Lipinski definition) is 3. The molecule has 2 atom stereocenters. The SMILES string of the molecule is O=C(CC12CC3CC(CC(C3)C1)C2)Nc1cccc2nc(C(=O)N[C@@H]3CCCC[C@H]3O)cn12. The first-order valence-corrected chi connectivity index (χ1v) is 12.7. The van der Waals surface area contributed by atoms with Gasteiger partial charge in [-0.3, -0.25) is 14.0 Å². The summed E-state index contributed by atoms with van der Waals surface area (Å²) in [5.74, 6) is 2.90. The molecule has 7 heteroatoms. The normalized spacial score (nSPS) is 35.0. The Balaban J connectivity index is 1.16. The second-order valence-corrected chi connectivity index (χ2v) is 11.3. The van der Waals surface area contributed by atoms with E-state index < -0.39 is 6.10 Å². The van der Waals surface area contributed by atoms with E-state index in [4.69, 9.17) is 0 Å². The Kier molecular flexibility index (Phi) is 5.20. The molecule has 176 valence electrons. The molecule has 0 aliphatic heterocycles. The van der Waals surface area contributed by atoms with E-state index in [1.54, 1.807) is 10.6 Å². The number of carbonyl (C=O) groups excluding carboxylic acids is 2. The molecule has 2 heterocycles. The van der Waals surface area contributed by atoms with Crippen molar-refractivity contribution in [2.75, 3.05) is 5.32 Å². The van der Waals surface area contributed by atoms with Crippen LogP contribution in [0.3, 0.4) is 0 Å². The maximum Gasteiger partial charge on any atom is 0.271 e. The van der Waals surface area contributed by atoms with Crippen LogP contribution in [0.2, 0.25) is 0 Å². The number of rotatable bonds is 5. The molecule has 5 aliphatic carbocycles. The zero-order chi connectivity index (χ0) is 22.6. The zero-order valence-electron chi connectivity index (χ0n) is 19.1. The van der Waals surface area contributed by atoms with Crippen molar-refractivity contribution in [2.24, 2.45) is 23.2 Å². The fraction of sp³-hybridized carbons (Fsp3) is 0.654. The molecule has 0 aromatic carbocycles. The van der Waals surface area contributed by atoms with Gasteiger partial charge in [-0.1, -0.05) is 18.9 Å². The molecular formula is C26H34N4O3. The lowest BCUT2D eigenvalue weighted by Crippen LogP contribution is -2.47. The van der Waals surface area contributed by atoms with Crippen LogP contribution in [0.1, 0.15) is 81.1 Å². The van der Waals surface area contributed by atoms with Crippen molar-refractivity contribution >= 4 is 23.3 Å². The van der Waals surface area contributed by atoms with Gasteiger partial charge < -0.3 is 15.7 Å². The molecule has 2 aromatic rings. The number of nitrogens with one attached hydrogen (secondary N) is 2. The third-order valence-electron chi connectivity index (χ3n) is 8.74. The second-order valence-electron chi connectivity index (χ2n) is 11.3. The third kappa shape index (κ3) is 4.05. The molecule has 2 aromatic heterocycles. The number of fused-ring (bicyclic) bond motifs is 1. The molecule has 5 aliphatic rings. The van der Waals surface area contributed by atoms with Crippen molar-refractivity contribution < 1.29 is 14.7 Å². The van der Waals surface area contributed by atoms with Crippen molar-refractivity contribution in [1.82, 2.24) is 14.7 Å². The summed E-state index contributed by atoms with van der Waals surface area (Å²) in [4.78, 5) is 30.4. The predicted molar refractivity (Wildman–Crippen MR) is 125 cm³/mol. The first-order valence-electron chi connectivity index (χ1n) is 12.7. The van der Waals surface area contributed by atoms with Crippen LogP contribution in [0.5, 0.6) is 0 Å². The molecule has 0 spiro atoms. The molecule has 3 N–H and O–H groups in total. The predicted octanol–water partition coefficient (Wildman–Crippen LogP) is 3.91. The summed E-state index contributed by atoms with van der Waals surface area (Å²) in [6.45, 7) is 0.